The summed E-state index contributed by atoms with van der Waals surface area (Å²) in [6.45, 7) is -1.98. The number of hydrogen-bond donors (Lipinski definition) is 1. The Kier molecular flexibility index (Phi) is 4.98. The maximum Gasteiger partial charge on any atom is 0.255 e. The molecule has 0 aromatic heterocycles. The summed E-state index contributed by atoms with van der Waals surface area (Å²) in [6.07, 6.45) is -3.03. The summed E-state index contributed by atoms with van der Waals surface area (Å²) >= 11 is 0. The Hall–Kier alpha value is -1.51. The first-order valence-electron chi connectivity index (χ1n) is 5.05. The summed E-state index contributed by atoms with van der Waals surface area (Å²) in [5, 5.41) is 0. The van der Waals surface area contributed by atoms with Gasteiger partial charge in [-0.25, -0.2) is 30.7 Å². The van der Waals surface area contributed by atoms with Crippen molar-refractivity contribution in [2.45, 2.75) is 6.43 Å². The van der Waals surface area contributed by atoms with E-state index in [4.69, 9.17) is 5.73 Å². The molecule has 19 heavy (non-hydrogen) atoms. The smallest absolute Gasteiger partial charge is 0.255 e. The molecule has 0 fully saturated rings. The summed E-state index contributed by atoms with van der Waals surface area (Å²) in [5.41, 5.74) is 3.65. The van der Waals surface area contributed by atoms with E-state index in [0.717, 1.165) is 0 Å². The van der Waals surface area contributed by atoms with Crippen LogP contribution >= 0.6 is 0 Å². The molecule has 0 saturated carbocycles. The van der Waals surface area contributed by atoms with Crippen LogP contribution in [0, 0.1) is 29.1 Å². The van der Waals surface area contributed by atoms with E-state index in [0.29, 0.717) is 4.90 Å². The van der Waals surface area contributed by atoms with Gasteiger partial charge in [-0.15, -0.1) is 0 Å². The largest absolute Gasteiger partial charge is 0.360 e. The molecule has 0 heterocycles. The lowest BCUT2D eigenvalue weighted by molar-refractivity contribution is 0.154. The Morgan fingerprint density at radius 3 is 1.63 bits per heavy atom. The fraction of sp³-hybridized carbons (Fsp3) is 0.400. The zero-order valence-electron chi connectivity index (χ0n) is 9.37. The van der Waals surface area contributed by atoms with Crippen molar-refractivity contribution in [3.05, 3.63) is 29.1 Å². The average molecular weight is 290 g/mol. The van der Waals surface area contributed by atoms with Gasteiger partial charge in [-0.05, 0) is 0 Å². The molecule has 2 nitrogen and oxygen atoms in total. The van der Waals surface area contributed by atoms with Crippen LogP contribution in [0.15, 0.2) is 0 Å². The van der Waals surface area contributed by atoms with Gasteiger partial charge in [0.25, 0.3) is 6.43 Å². The van der Waals surface area contributed by atoms with Gasteiger partial charge in [0.05, 0.1) is 6.54 Å². The Morgan fingerprint density at radius 1 is 0.842 bits per heavy atom. The lowest BCUT2D eigenvalue weighted by atomic mass is 10.2. The molecule has 0 radical (unpaired) electrons. The minimum atomic E-state index is -3.03. The predicted molar refractivity (Wildman–Crippen MR) is 53.5 cm³/mol. The normalized spacial score (nSPS) is 11.2. The summed E-state index contributed by atoms with van der Waals surface area (Å²) in [7, 11) is 0. The lowest BCUT2D eigenvalue weighted by Crippen LogP contribution is -2.35. The molecule has 108 valence electrons. The molecule has 9 heteroatoms. The van der Waals surface area contributed by atoms with E-state index in [2.05, 4.69) is 0 Å². The molecule has 0 amide bonds. The zero-order chi connectivity index (χ0) is 14.7. The molecular formula is C10H9F7N2. The summed E-state index contributed by atoms with van der Waals surface area (Å²) < 4.78 is 89.9. The minimum Gasteiger partial charge on any atom is -0.360 e. The molecule has 0 spiro atoms. The molecule has 0 unspecified atom stereocenters. The van der Waals surface area contributed by atoms with Crippen LogP contribution in [-0.2, 0) is 0 Å². The first-order chi connectivity index (χ1) is 8.81. The third kappa shape index (κ3) is 3.09. The molecular weight excluding hydrogens is 281 g/mol. The Balaban J connectivity index is 3.37. The van der Waals surface area contributed by atoms with Crippen LogP contribution < -0.4 is 10.6 Å². The minimum absolute atomic E-state index is 0.299. The van der Waals surface area contributed by atoms with Gasteiger partial charge in [0.1, 0.15) is 5.69 Å². The molecule has 0 atom stereocenters. The van der Waals surface area contributed by atoms with Crippen LogP contribution in [0.4, 0.5) is 36.4 Å². The van der Waals surface area contributed by atoms with E-state index < -0.39 is 54.3 Å². The van der Waals surface area contributed by atoms with E-state index in [1.54, 1.807) is 0 Å². The molecule has 0 bridgehead atoms. The Morgan fingerprint density at radius 2 is 1.26 bits per heavy atom. The van der Waals surface area contributed by atoms with E-state index in [9.17, 15) is 30.7 Å². The van der Waals surface area contributed by atoms with Crippen molar-refractivity contribution in [1.82, 2.24) is 0 Å². The quantitative estimate of drug-likeness (QED) is 0.512. The van der Waals surface area contributed by atoms with E-state index >= 15 is 0 Å². The van der Waals surface area contributed by atoms with E-state index in [-0.39, 0.29) is 6.54 Å². The molecule has 1 aromatic rings. The van der Waals surface area contributed by atoms with Crippen LogP contribution in [0.2, 0.25) is 0 Å². The number of benzene rings is 1. The highest BCUT2D eigenvalue weighted by atomic mass is 19.3. The second kappa shape index (κ2) is 6.09. The second-order valence-electron chi connectivity index (χ2n) is 3.54. The van der Waals surface area contributed by atoms with Crippen molar-refractivity contribution < 1.29 is 30.7 Å². The molecule has 1 aromatic carbocycles. The lowest BCUT2D eigenvalue weighted by Gasteiger charge is -2.25. The monoisotopic (exact) mass is 290 g/mol. The first-order valence-corrected chi connectivity index (χ1v) is 5.05. The summed E-state index contributed by atoms with van der Waals surface area (Å²) in [4.78, 5) is 0.320. The Bertz CT molecular complexity index is 435. The van der Waals surface area contributed by atoms with E-state index in [1.807, 2.05) is 0 Å². The van der Waals surface area contributed by atoms with Crippen LogP contribution in [0.1, 0.15) is 0 Å². The molecule has 0 aliphatic carbocycles. The van der Waals surface area contributed by atoms with Crippen LogP contribution in [0.5, 0.6) is 0 Å². The van der Waals surface area contributed by atoms with Gasteiger partial charge in [-0.3, -0.25) is 0 Å². The highest BCUT2D eigenvalue weighted by Crippen LogP contribution is 2.30. The van der Waals surface area contributed by atoms with Crippen molar-refractivity contribution in [2.75, 3.05) is 24.5 Å². The maximum atomic E-state index is 13.4. The van der Waals surface area contributed by atoms with Gasteiger partial charge in [-0.1, -0.05) is 0 Å². The summed E-state index contributed by atoms with van der Waals surface area (Å²) in [6, 6.07) is 0. The number of halogens is 7. The molecule has 0 aliphatic heterocycles. The van der Waals surface area contributed by atoms with Gasteiger partial charge in [0.15, 0.2) is 23.3 Å². The van der Waals surface area contributed by atoms with Crippen molar-refractivity contribution in [1.29, 1.82) is 0 Å². The maximum absolute atomic E-state index is 13.4. The van der Waals surface area contributed by atoms with Crippen LogP contribution in [0.25, 0.3) is 0 Å². The van der Waals surface area contributed by atoms with Crippen molar-refractivity contribution in [3.8, 4) is 0 Å². The van der Waals surface area contributed by atoms with E-state index in [1.165, 1.54) is 0 Å². The van der Waals surface area contributed by atoms with Gasteiger partial charge in [0, 0.05) is 13.1 Å². The number of anilines is 1. The molecule has 0 aliphatic rings. The fourth-order valence-corrected chi connectivity index (χ4v) is 1.49. The SMILES string of the molecule is NCCN(CC(F)F)c1c(F)c(F)c(F)c(F)c1F. The third-order valence-electron chi connectivity index (χ3n) is 2.26. The highest BCUT2D eigenvalue weighted by molar-refractivity contribution is 5.50. The van der Waals surface area contributed by atoms with Crippen molar-refractivity contribution >= 4 is 5.69 Å². The second-order valence-corrected chi connectivity index (χ2v) is 3.54. The predicted octanol–water partition coefficient (Wildman–Crippen LogP) is 2.41. The van der Waals surface area contributed by atoms with Crippen molar-refractivity contribution in [3.63, 3.8) is 0 Å². The van der Waals surface area contributed by atoms with Gasteiger partial charge < -0.3 is 10.6 Å². The van der Waals surface area contributed by atoms with Crippen molar-refractivity contribution in [2.24, 2.45) is 5.73 Å². The first kappa shape index (κ1) is 15.5. The Labute approximate surface area is 103 Å². The van der Waals surface area contributed by atoms with Crippen LogP contribution in [0.3, 0.4) is 0 Å². The van der Waals surface area contributed by atoms with Crippen LogP contribution in [-0.4, -0.2) is 26.1 Å². The number of alkyl halides is 2. The van der Waals surface area contributed by atoms with Gasteiger partial charge in [-0.2, -0.15) is 0 Å². The molecule has 0 saturated heterocycles. The van der Waals surface area contributed by atoms with Gasteiger partial charge >= 0.3 is 0 Å². The standard InChI is InChI=1S/C10H9F7N2/c11-4(12)3-19(2-1-18)10-8(16)6(14)5(13)7(15)9(10)17/h4H,1-3,18H2. The zero-order valence-corrected chi connectivity index (χ0v) is 9.37. The average Bonchev–Trinajstić information content (AvgIpc) is 2.34. The molecule has 1 rings (SSSR count). The number of rotatable bonds is 5. The highest BCUT2D eigenvalue weighted by Gasteiger charge is 2.29. The number of nitrogens with two attached hydrogens (primary N) is 1. The van der Waals surface area contributed by atoms with Gasteiger partial charge in [0.2, 0.25) is 5.82 Å². The molecule has 2 N–H and O–H groups in total. The fourth-order valence-electron chi connectivity index (χ4n) is 1.49. The topological polar surface area (TPSA) is 29.3 Å². The third-order valence-corrected chi connectivity index (χ3v) is 2.26. The number of nitrogens with zero attached hydrogens (tertiary/aromatic N) is 1. The summed E-state index contributed by atoms with van der Waals surface area (Å²) in [5.74, 6) is -11.0. The number of hydrogen-bond acceptors (Lipinski definition) is 2.